The maximum Gasteiger partial charge on any atom is 0.414 e. The zero-order valence-corrected chi connectivity index (χ0v) is 20.4. The summed E-state index contributed by atoms with van der Waals surface area (Å²) in [5.74, 6) is 1.03. The molecule has 2 aliphatic rings. The number of imidazole rings is 1. The number of ether oxygens (including phenoxy) is 1. The van der Waals surface area contributed by atoms with Crippen molar-refractivity contribution in [3.8, 4) is 0 Å². The van der Waals surface area contributed by atoms with Gasteiger partial charge in [-0.1, -0.05) is 0 Å². The van der Waals surface area contributed by atoms with Gasteiger partial charge in [0.05, 0.1) is 29.7 Å². The van der Waals surface area contributed by atoms with Gasteiger partial charge in [-0.05, 0) is 57.6 Å². The summed E-state index contributed by atoms with van der Waals surface area (Å²) in [4.78, 5) is 30.9. The van der Waals surface area contributed by atoms with Crippen LogP contribution in [-0.2, 0) is 28.8 Å². The van der Waals surface area contributed by atoms with Crippen LogP contribution in [0.25, 0.3) is 11.0 Å². The van der Waals surface area contributed by atoms with Gasteiger partial charge in [0.25, 0.3) is 0 Å². The van der Waals surface area contributed by atoms with Gasteiger partial charge in [0.15, 0.2) is 0 Å². The van der Waals surface area contributed by atoms with E-state index in [0.29, 0.717) is 37.5 Å². The molecule has 2 aromatic heterocycles. The number of anilines is 1. The third-order valence-electron chi connectivity index (χ3n) is 7.44. The molecule has 186 valence electrons. The Bertz CT molecular complexity index is 1260. The quantitative estimate of drug-likeness (QED) is 0.574. The van der Waals surface area contributed by atoms with E-state index in [4.69, 9.17) is 14.1 Å². The van der Waals surface area contributed by atoms with Gasteiger partial charge < -0.3 is 18.8 Å². The molecule has 1 aliphatic heterocycles. The number of aliphatic carboxylic acids is 1. The Morgan fingerprint density at radius 2 is 1.91 bits per heavy atom. The van der Waals surface area contributed by atoms with Gasteiger partial charge >= 0.3 is 12.1 Å². The van der Waals surface area contributed by atoms with Crippen molar-refractivity contribution in [3.05, 3.63) is 35.3 Å². The second kappa shape index (κ2) is 9.31. The lowest BCUT2D eigenvalue weighted by molar-refractivity contribution is -0.143. The Hall–Kier alpha value is -3.43. The highest BCUT2D eigenvalue weighted by Crippen LogP contribution is 2.40. The van der Waals surface area contributed by atoms with Gasteiger partial charge in [0, 0.05) is 37.4 Å². The topological polar surface area (TPSA) is 124 Å². The first kappa shape index (κ1) is 23.3. The number of nitrogens with zero attached hydrogens (tertiary/aromatic N) is 5. The molecule has 10 heteroatoms. The number of carbonyl (C=O) groups excluding carboxylic acids is 1. The molecule has 1 fully saturated rings. The zero-order chi connectivity index (χ0) is 24.7. The van der Waals surface area contributed by atoms with Crippen molar-refractivity contribution in [1.29, 1.82) is 0 Å². The predicted molar refractivity (Wildman–Crippen MR) is 127 cm³/mol. The SMILES string of the molecule is COC(=O)N1c2ccc3c(nc(CCc4nnc(C)o4)n3[C@H]3CC[C@H](C(=O)O)CC3)c2CC[C@@H]1C. The molecule has 0 radical (unpaired) electrons. The van der Waals surface area contributed by atoms with Crippen LogP contribution in [0.1, 0.15) is 68.2 Å². The molecule has 1 atom stereocenters. The van der Waals surface area contributed by atoms with Crippen LogP contribution >= 0.6 is 0 Å². The average Bonchev–Trinajstić information content (AvgIpc) is 3.45. The van der Waals surface area contributed by atoms with Crippen LogP contribution in [0.15, 0.2) is 16.5 Å². The minimum atomic E-state index is -0.711. The van der Waals surface area contributed by atoms with Gasteiger partial charge in [-0.3, -0.25) is 9.69 Å². The molecule has 3 heterocycles. The molecule has 0 bridgehead atoms. The first-order valence-corrected chi connectivity index (χ1v) is 12.3. The maximum atomic E-state index is 12.5. The lowest BCUT2D eigenvalue weighted by Gasteiger charge is -2.34. The van der Waals surface area contributed by atoms with Crippen molar-refractivity contribution in [2.75, 3.05) is 12.0 Å². The summed E-state index contributed by atoms with van der Waals surface area (Å²) in [5.41, 5.74) is 3.83. The number of aromatic nitrogens is 4. The lowest BCUT2D eigenvalue weighted by atomic mass is 9.85. The number of carbonyl (C=O) groups is 2. The van der Waals surface area contributed by atoms with Gasteiger partial charge in [-0.25, -0.2) is 9.78 Å². The van der Waals surface area contributed by atoms with Crippen LogP contribution in [0.4, 0.5) is 10.5 Å². The molecular weight excluding hydrogens is 450 g/mol. The highest BCUT2D eigenvalue weighted by atomic mass is 16.5. The summed E-state index contributed by atoms with van der Waals surface area (Å²) >= 11 is 0. The van der Waals surface area contributed by atoms with Crippen molar-refractivity contribution in [3.63, 3.8) is 0 Å². The van der Waals surface area contributed by atoms with E-state index in [2.05, 4.69) is 14.8 Å². The van der Waals surface area contributed by atoms with E-state index in [0.717, 1.165) is 53.8 Å². The second-order valence-electron chi connectivity index (χ2n) is 9.62. The molecule has 0 unspecified atom stereocenters. The average molecular weight is 482 g/mol. The molecule has 1 N–H and O–H groups in total. The summed E-state index contributed by atoms with van der Waals surface area (Å²) in [7, 11) is 1.40. The molecule has 35 heavy (non-hydrogen) atoms. The van der Waals surface area contributed by atoms with E-state index in [1.165, 1.54) is 7.11 Å². The Morgan fingerprint density at radius 3 is 2.57 bits per heavy atom. The van der Waals surface area contributed by atoms with E-state index in [1.54, 1.807) is 11.8 Å². The van der Waals surface area contributed by atoms with E-state index in [-0.39, 0.29) is 24.1 Å². The van der Waals surface area contributed by atoms with E-state index in [1.807, 2.05) is 19.1 Å². The molecule has 1 amide bonds. The number of rotatable bonds is 5. The van der Waals surface area contributed by atoms with Gasteiger partial charge in [0.2, 0.25) is 11.8 Å². The molecule has 0 saturated heterocycles. The van der Waals surface area contributed by atoms with Gasteiger partial charge in [-0.2, -0.15) is 0 Å². The second-order valence-corrected chi connectivity index (χ2v) is 9.62. The number of methoxy groups -OCH3 is 1. The van der Waals surface area contributed by atoms with Gasteiger partial charge in [0.1, 0.15) is 5.82 Å². The van der Waals surface area contributed by atoms with Crippen molar-refractivity contribution in [1.82, 2.24) is 19.7 Å². The Balaban J connectivity index is 1.56. The Labute approximate surface area is 203 Å². The molecule has 10 nitrogen and oxygen atoms in total. The maximum absolute atomic E-state index is 12.5. The van der Waals surface area contributed by atoms with Crippen LogP contribution < -0.4 is 4.90 Å². The number of hydrogen-bond acceptors (Lipinski definition) is 7. The monoisotopic (exact) mass is 481 g/mol. The third kappa shape index (κ3) is 4.26. The van der Waals surface area contributed by atoms with Crippen LogP contribution in [0.3, 0.4) is 0 Å². The van der Waals surface area contributed by atoms with Crippen LogP contribution in [0.5, 0.6) is 0 Å². The zero-order valence-electron chi connectivity index (χ0n) is 20.4. The number of aryl methyl sites for hydroxylation is 4. The van der Waals surface area contributed by atoms with Crippen LogP contribution in [0.2, 0.25) is 0 Å². The largest absolute Gasteiger partial charge is 0.481 e. The fourth-order valence-corrected chi connectivity index (χ4v) is 5.65. The molecule has 3 aromatic rings. The molecule has 1 aliphatic carbocycles. The summed E-state index contributed by atoms with van der Waals surface area (Å²) in [6, 6.07) is 4.25. The Kier molecular flexibility index (Phi) is 6.21. The highest BCUT2D eigenvalue weighted by molar-refractivity contribution is 5.95. The van der Waals surface area contributed by atoms with Crippen molar-refractivity contribution in [2.24, 2.45) is 5.92 Å². The number of hydrogen-bond donors (Lipinski definition) is 1. The fraction of sp³-hybridized carbons (Fsp3) is 0.560. The number of fused-ring (bicyclic) bond motifs is 3. The summed E-state index contributed by atoms with van der Waals surface area (Å²) in [5, 5.41) is 17.5. The van der Waals surface area contributed by atoms with Crippen molar-refractivity contribution < 1.29 is 23.8 Å². The summed E-state index contributed by atoms with van der Waals surface area (Å²) in [6.45, 7) is 3.80. The number of benzene rings is 1. The highest BCUT2D eigenvalue weighted by Gasteiger charge is 2.33. The minimum Gasteiger partial charge on any atom is -0.481 e. The molecule has 1 aromatic carbocycles. The van der Waals surface area contributed by atoms with Crippen molar-refractivity contribution >= 4 is 28.8 Å². The summed E-state index contributed by atoms with van der Waals surface area (Å²) in [6.07, 6.45) is 5.37. The third-order valence-corrected chi connectivity index (χ3v) is 7.44. The predicted octanol–water partition coefficient (Wildman–Crippen LogP) is 4.24. The molecule has 1 saturated carbocycles. The van der Waals surface area contributed by atoms with E-state index in [9.17, 15) is 14.7 Å². The molecule has 5 rings (SSSR count). The lowest BCUT2D eigenvalue weighted by Crippen LogP contribution is -2.42. The van der Waals surface area contributed by atoms with Crippen molar-refractivity contribution in [2.45, 2.75) is 77.3 Å². The molecule has 0 spiro atoms. The minimum absolute atomic E-state index is 0.0426. The fourth-order valence-electron chi connectivity index (χ4n) is 5.65. The number of carboxylic acid groups (broad SMARTS) is 1. The normalized spacial score (nSPS) is 22.3. The molecular formula is C25H31N5O5. The number of amides is 1. The smallest absolute Gasteiger partial charge is 0.414 e. The summed E-state index contributed by atoms with van der Waals surface area (Å²) < 4.78 is 12.9. The van der Waals surface area contributed by atoms with E-state index < -0.39 is 5.97 Å². The van der Waals surface area contributed by atoms with Crippen LogP contribution in [-0.4, -0.2) is 50.1 Å². The van der Waals surface area contributed by atoms with Crippen LogP contribution in [0, 0.1) is 12.8 Å². The number of carboxylic acids is 1. The first-order chi connectivity index (χ1) is 16.9. The van der Waals surface area contributed by atoms with Gasteiger partial charge in [-0.15, -0.1) is 10.2 Å². The Morgan fingerprint density at radius 1 is 1.14 bits per heavy atom. The standard InChI is InChI=1S/C25H31N5O5/c1-14-4-9-18-19(29(14)25(33)34-3)10-11-20-23(18)26-21(12-13-22-28-27-15(2)35-22)30(20)17-7-5-16(6-8-17)24(31)32/h10-11,14,16-17H,4-9,12-13H2,1-3H3,(H,31,32)/t14-,16-,17-/m0/s1. The first-order valence-electron chi connectivity index (χ1n) is 12.3. The van der Waals surface area contributed by atoms with E-state index >= 15 is 0 Å².